The lowest BCUT2D eigenvalue weighted by Crippen LogP contribution is -2.09. The molecule has 3 aromatic heterocycles. The topological polar surface area (TPSA) is 105 Å². The summed E-state index contributed by atoms with van der Waals surface area (Å²) in [7, 11) is 1.33. The molecular formula is C17H13N5O4S. The largest absolute Gasteiger partial charge is 0.464 e. The maximum atomic E-state index is 12.1. The van der Waals surface area contributed by atoms with Gasteiger partial charge >= 0.3 is 5.97 Å². The lowest BCUT2D eigenvalue weighted by molar-refractivity contribution is -0.384. The maximum Gasteiger partial charge on any atom is 0.355 e. The third kappa shape index (κ3) is 3.06. The van der Waals surface area contributed by atoms with Crippen molar-refractivity contribution in [1.29, 1.82) is 0 Å². The quantitative estimate of drug-likeness (QED) is 0.298. The molecule has 9 nitrogen and oxygen atoms in total. The van der Waals surface area contributed by atoms with Crippen LogP contribution >= 0.6 is 11.3 Å². The van der Waals surface area contributed by atoms with E-state index >= 15 is 0 Å². The molecule has 0 amide bonds. The second-order valence-electron chi connectivity index (χ2n) is 5.72. The first-order chi connectivity index (χ1) is 13.1. The first-order valence-electron chi connectivity index (χ1n) is 7.88. The van der Waals surface area contributed by atoms with Gasteiger partial charge in [0.15, 0.2) is 5.82 Å². The number of thiophene rings is 1. The van der Waals surface area contributed by atoms with Gasteiger partial charge in [0, 0.05) is 12.1 Å². The summed E-state index contributed by atoms with van der Waals surface area (Å²) < 4.78 is 9.12. The fourth-order valence-electron chi connectivity index (χ4n) is 2.81. The third-order valence-corrected chi connectivity index (χ3v) is 4.92. The lowest BCUT2D eigenvalue weighted by Gasteiger charge is -2.04. The van der Waals surface area contributed by atoms with Crippen LogP contribution in [0.15, 0.2) is 48.0 Å². The molecule has 0 atom stereocenters. The van der Waals surface area contributed by atoms with Gasteiger partial charge in [-0.05, 0) is 23.1 Å². The molecule has 3 heterocycles. The molecule has 10 heteroatoms. The molecule has 0 aliphatic carbocycles. The number of nitro benzene ring substituents is 1. The van der Waals surface area contributed by atoms with E-state index in [9.17, 15) is 14.9 Å². The number of hydrogen-bond acceptors (Lipinski definition) is 7. The number of carbonyl (C=O) groups is 1. The molecule has 0 saturated heterocycles. The second kappa shape index (κ2) is 6.65. The van der Waals surface area contributed by atoms with Crippen LogP contribution in [0.25, 0.3) is 16.0 Å². The Labute approximate surface area is 156 Å². The first kappa shape index (κ1) is 16.9. The van der Waals surface area contributed by atoms with E-state index in [1.165, 1.54) is 30.6 Å². The molecule has 0 saturated carbocycles. The number of hydrogen-bond donors (Lipinski definition) is 0. The van der Waals surface area contributed by atoms with Gasteiger partial charge in [-0.25, -0.2) is 9.48 Å². The van der Waals surface area contributed by atoms with Crippen molar-refractivity contribution >= 4 is 33.2 Å². The number of nitro groups is 1. The van der Waals surface area contributed by atoms with Crippen molar-refractivity contribution in [2.45, 2.75) is 6.54 Å². The minimum Gasteiger partial charge on any atom is -0.464 e. The Balaban J connectivity index is 1.66. The average molecular weight is 383 g/mol. The number of rotatable bonds is 5. The van der Waals surface area contributed by atoms with Crippen molar-refractivity contribution < 1.29 is 14.5 Å². The van der Waals surface area contributed by atoms with Crippen molar-refractivity contribution in [3.8, 4) is 5.82 Å². The van der Waals surface area contributed by atoms with Crippen LogP contribution < -0.4 is 0 Å². The normalized spacial score (nSPS) is 11.0. The fourth-order valence-corrected chi connectivity index (χ4v) is 3.61. The lowest BCUT2D eigenvalue weighted by atomic mass is 10.2. The van der Waals surface area contributed by atoms with Crippen molar-refractivity contribution in [1.82, 2.24) is 19.6 Å². The number of non-ortho nitro benzene ring substituents is 1. The van der Waals surface area contributed by atoms with Crippen LogP contribution in [0, 0.1) is 10.1 Å². The van der Waals surface area contributed by atoms with Crippen LogP contribution in [-0.4, -0.2) is 37.6 Å². The second-order valence-corrected chi connectivity index (χ2v) is 6.67. The smallest absolute Gasteiger partial charge is 0.355 e. The summed E-state index contributed by atoms with van der Waals surface area (Å²) >= 11 is 1.52. The van der Waals surface area contributed by atoms with Gasteiger partial charge in [-0.2, -0.15) is 0 Å². The van der Waals surface area contributed by atoms with Gasteiger partial charge in [0.1, 0.15) is 5.69 Å². The van der Waals surface area contributed by atoms with Crippen molar-refractivity contribution in [2.75, 3.05) is 7.11 Å². The minimum absolute atomic E-state index is 0.0351. The van der Waals surface area contributed by atoms with Gasteiger partial charge in [-0.15, -0.1) is 16.4 Å². The summed E-state index contributed by atoms with van der Waals surface area (Å²) in [6.07, 6.45) is 1.71. The van der Waals surface area contributed by atoms with Crippen molar-refractivity contribution in [3.63, 3.8) is 0 Å². The highest BCUT2D eigenvalue weighted by Gasteiger charge is 2.20. The molecule has 0 spiro atoms. The number of benzene rings is 1. The van der Waals surface area contributed by atoms with Crippen LogP contribution in [-0.2, 0) is 11.3 Å². The van der Waals surface area contributed by atoms with Crippen molar-refractivity contribution in [3.05, 3.63) is 69.3 Å². The number of nitrogens with zero attached hydrogens (tertiary/aromatic N) is 5. The van der Waals surface area contributed by atoms with Crippen molar-refractivity contribution in [2.24, 2.45) is 0 Å². The zero-order valence-electron chi connectivity index (χ0n) is 14.1. The molecule has 0 unspecified atom stereocenters. The Bertz CT molecular complexity index is 1140. The van der Waals surface area contributed by atoms with Gasteiger partial charge in [0.25, 0.3) is 5.69 Å². The number of esters is 1. The van der Waals surface area contributed by atoms with Gasteiger partial charge in [0.05, 0.1) is 35.0 Å². The van der Waals surface area contributed by atoms with Gasteiger partial charge in [-0.3, -0.25) is 14.7 Å². The number of fused-ring (bicyclic) bond motifs is 1. The summed E-state index contributed by atoms with van der Waals surface area (Å²) in [6.45, 7) is 0.395. The SMILES string of the molecule is COC(=O)c1cc2sccc2n1-c1cn(Cc2ccc([N+](=O)[O-])cc2)nn1. The molecule has 0 fully saturated rings. The summed E-state index contributed by atoms with van der Waals surface area (Å²) in [4.78, 5) is 22.4. The minimum atomic E-state index is -0.455. The third-order valence-electron chi connectivity index (χ3n) is 4.06. The number of ether oxygens (including phenoxy) is 1. The zero-order chi connectivity index (χ0) is 19.0. The highest BCUT2D eigenvalue weighted by molar-refractivity contribution is 7.17. The van der Waals surface area contributed by atoms with Gasteiger partial charge in [-0.1, -0.05) is 17.3 Å². The first-order valence-corrected chi connectivity index (χ1v) is 8.76. The summed E-state index contributed by atoms with van der Waals surface area (Å²) in [5, 5.41) is 21.0. The Morgan fingerprint density at radius 1 is 1.30 bits per heavy atom. The monoisotopic (exact) mass is 383 g/mol. The van der Waals surface area contributed by atoms with E-state index in [0.717, 1.165) is 15.8 Å². The van der Waals surface area contributed by atoms with E-state index in [1.54, 1.807) is 33.6 Å². The highest BCUT2D eigenvalue weighted by atomic mass is 32.1. The van der Waals surface area contributed by atoms with E-state index < -0.39 is 10.9 Å². The summed E-state index contributed by atoms with van der Waals surface area (Å²) in [5.74, 6) is 0.0361. The van der Waals surface area contributed by atoms with E-state index in [4.69, 9.17) is 4.74 Å². The molecule has 1 aromatic carbocycles. The molecule has 0 N–H and O–H groups in total. The Morgan fingerprint density at radius 2 is 2.07 bits per heavy atom. The molecule has 0 bridgehead atoms. The predicted octanol–water partition coefficient (Wildman–Crippen LogP) is 3.03. The number of aromatic nitrogens is 4. The Morgan fingerprint density at radius 3 is 2.78 bits per heavy atom. The summed E-state index contributed by atoms with van der Waals surface area (Å²) in [6, 6.07) is 9.91. The molecule has 136 valence electrons. The Kier molecular flexibility index (Phi) is 4.16. The molecule has 27 heavy (non-hydrogen) atoms. The Hall–Kier alpha value is -3.53. The van der Waals surface area contributed by atoms with Crippen LogP contribution in [0.3, 0.4) is 0 Å². The van der Waals surface area contributed by atoms with Crippen LogP contribution in [0.1, 0.15) is 16.1 Å². The summed E-state index contributed by atoms with van der Waals surface area (Å²) in [5.41, 5.74) is 2.11. The van der Waals surface area contributed by atoms with Gasteiger partial charge in [0.2, 0.25) is 0 Å². The zero-order valence-corrected chi connectivity index (χ0v) is 14.9. The molecule has 0 aliphatic heterocycles. The number of carbonyl (C=O) groups excluding carboxylic acids is 1. The van der Waals surface area contributed by atoms with E-state index in [0.29, 0.717) is 18.1 Å². The molecular weight excluding hydrogens is 370 g/mol. The van der Waals surface area contributed by atoms with Crippen LogP contribution in [0.5, 0.6) is 0 Å². The predicted molar refractivity (Wildman–Crippen MR) is 98.3 cm³/mol. The van der Waals surface area contributed by atoms with Crippen LogP contribution in [0.2, 0.25) is 0 Å². The molecule has 0 aliphatic rings. The maximum absolute atomic E-state index is 12.1. The standard InChI is InChI=1S/C17H13N5O4S/c1-26-17(23)14-8-15-13(6-7-27-15)21(14)16-10-20(19-18-16)9-11-2-4-12(5-3-11)22(24)25/h2-8,10H,9H2,1H3. The average Bonchev–Trinajstić information content (AvgIpc) is 3.37. The van der Waals surface area contributed by atoms with E-state index in [1.807, 2.05) is 11.4 Å². The van der Waals surface area contributed by atoms with Crippen LogP contribution in [0.4, 0.5) is 5.69 Å². The molecule has 4 aromatic rings. The van der Waals surface area contributed by atoms with E-state index in [2.05, 4.69) is 10.3 Å². The number of methoxy groups -OCH3 is 1. The molecule has 4 rings (SSSR count). The highest BCUT2D eigenvalue weighted by Crippen LogP contribution is 2.28. The fraction of sp³-hybridized carbons (Fsp3) is 0.118. The molecule has 0 radical (unpaired) electrons. The van der Waals surface area contributed by atoms with Gasteiger partial charge < -0.3 is 4.74 Å². The van der Waals surface area contributed by atoms with E-state index in [-0.39, 0.29) is 5.69 Å².